The topological polar surface area (TPSA) is 35.2 Å². The molecule has 20 heavy (non-hydrogen) atoms. The molecule has 2 heteroatoms. The van der Waals surface area contributed by atoms with Crippen LogP contribution in [0.25, 0.3) is 0 Å². The van der Waals surface area contributed by atoms with E-state index in [4.69, 9.17) is 10.5 Å². The number of para-hydroxylation sites is 1. The molecule has 1 heterocycles. The van der Waals surface area contributed by atoms with Crippen molar-refractivity contribution in [2.75, 3.05) is 6.61 Å². The van der Waals surface area contributed by atoms with Gasteiger partial charge in [0.15, 0.2) is 0 Å². The molecular weight excluding hydrogens is 246 g/mol. The molecular formula is C18H27NO. The molecule has 110 valence electrons. The predicted molar refractivity (Wildman–Crippen MR) is 82.9 cm³/mol. The maximum absolute atomic E-state index is 6.60. The van der Waals surface area contributed by atoms with Gasteiger partial charge in [0.2, 0.25) is 0 Å². The Morgan fingerprint density at radius 2 is 2.00 bits per heavy atom. The van der Waals surface area contributed by atoms with E-state index < -0.39 is 0 Å². The number of rotatable bonds is 2. The normalized spacial score (nSPS) is 23.8. The lowest BCUT2D eigenvalue weighted by Gasteiger charge is -2.37. The molecule has 0 saturated heterocycles. The summed E-state index contributed by atoms with van der Waals surface area (Å²) in [6.45, 7) is 5.60. The molecule has 1 fully saturated rings. The third-order valence-electron chi connectivity index (χ3n) is 5.21. The summed E-state index contributed by atoms with van der Waals surface area (Å²) in [5, 5.41) is 0. The van der Waals surface area contributed by atoms with Gasteiger partial charge in [0, 0.05) is 11.6 Å². The molecule has 1 aliphatic heterocycles. The molecule has 3 rings (SSSR count). The molecule has 1 aromatic rings. The molecule has 1 unspecified atom stereocenters. The van der Waals surface area contributed by atoms with E-state index in [1.54, 1.807) is 0 Å². The summed E-state index contributed by atoms with van der Waals surface area (Å²) in [5.41, 5.74) is 9.70. The summed E-state index contributed by atoms with van der Waals surface area (Å²) in [5.74, 6) is 1.70. The molecule has 2 aliphatic rings. The SMILES string of the molecule is CC1(C)CCC(C(N)c2cccc3c2OCCC3)CC1. The van der Waals surface area contributed by atoms with E-state index in [1.807, 2.05) is 0 Å². The molecule has 0 aromatic heterocycles. The second-order valence-corrected chi connectivity index (χ2v) is 7.31. The van der Waals surface area contributed by atoms with E-state index in [-0.39, 0.29) is 6.04 Å². The fraction of sp³-hybridized carbons (Fsp3) is 0.667. The van der Waals surface area contributed by atoms with Gasteiger partial charge in [-0.1, -0.05) is 32.0 Å². The van der Waals surface area contributed by atoms with Crippen LogP contribution in [-0.2, 0) is 6.42 Å². The minimum Gasteiger partial charge on any atom is -0.493 e. The minimum atomic E-state index is 0.138. The largest absolute Gasteiger partial charge is 0.493 e. The van der Waals surface area contributed by atoms with Crippen LogP contribution in [0.15, 0.2) is 18.2 Å². The van der Waals surface area contributed by atoms with Crippen LogP contribution >= 0.6 is 0 Å². The maximum Gasteiger partial charge on any atom is 0.127 e. The number of hydrogen-bond donors (Lipinski definition) is 1. The Kier molecular flexibility index (Phi) is 3.76. The highest BCUT2D eigenvalue weighted by Gasteiger charge is 2.32. The Bertz CT molecular complexity index is 470. The minimum absolute atomic E-state index is 0.138. The molecule has 1 saturated carbocycles. The lowest BCUT2D eigenvalue weighted by atomic mass is 9.70. The molecule has 0 spiro atoms. The first-order valence-corrected chi connectivity index (χ1v) is 8.07. The Balaban J connectivity index is 1.79. The average Bonchev–Trinajstić information content (AvgIpc) is 2.46. The summed E-state index contributed by atoms with van der Waals surface area (Å²) in [6.07, 6.45) is 7.34. The number of ether oxygens (including phenoxy) is 1. The van der Waals surface area contributed by atoms with Gasteiger partial charge in [0.05, 0.1) is 6.61 Å². The van der Waals surface area contributed by atoms with E-state index in [0.29, 0.717) is 11.3 Å². The van der Waals surface area contributed by atoms with Gasteiger partial charge in [-0.3, -0.25) is 0 Å². The first-order valence-electron chi connectivity index (χ1n) is 8.07. The summed E-state index contributed by atoms with van der Waals surface area (Å²) in [7, 11) is 0. The number of hydrogen-bond acceptors (Lipinski definition) is 2. The first-order chi connectivity index (χ1) is 9.57. The molecule has 1 aliphatic carbocycles. The summed E-state index contributed by atoms with van der Waals surface area (Å²) < 4.78 is 5.93. The van der Waals surface area contributed by atoms with Crippen molar-refractivity contribution in [3.63, 3.8) is 0 Å². The predicted octanol–water partition coefficient (Wildman–Crippen LogP) is 4.23. The molecule has 1 aromatic carbocycles. The van der Waals surface area contributed by atoms with E-state index in [9.17, 15) is 0 Å². The smallest absolute Gasteiger partial charge is 0.127 e. The van der Waals surface area contributed by atoms with Gasteiger partial charge >= 0.3 is 0 Å². The van der Waals surface area contributed by atoms with Crippen molar-refractivity contribution in [3.8, 4) is 5.75 Å². The molecule has 2 nitrogen and oxygen atoms in total. The van der Waals surface area contributed by atoms with Crippen molar-refractivity contribution in [1.29, 1.82) is 0 Å². The molecule has 0 amide bonds. The van der Waals surface area contributed by atoms with Gasteiger partial charge in [-0.2, -0.15) is 0 Å². The summed E-state index contributed by atoms with van der Waals surface area (Å²) >= 11 is 0. The first kappa shape index (κ1) is 13.9. The zero-order valence-electron chi connectivity index (χ0n) is 12.8. The quantitative estimate of drug-likeness (QED) is 0.875. The van der Waals surface area contributed by atoms with Crippen LogP contribution in [0.2, 0.25) is 0 Å². The fourth-order valence-corrected chi connectivity index (χ4v) is 3.71. The standard InChI is InChI=1S/C18H27NO/c1-18(2)10-8-13(9-11-18)16(19)15-7-3-5-14-6-4-12-20-17(14)15/h3,5,7,13,16H,4,6,8-12,19H2,1-2H3. The fourth-order valence-electron chi connectivity index (χ4n) is 3.71. The highest BCUT2D eigenvalue weighted by Crippen LogP contribution is 2.44. The van der Waals surface area contributed by atoms with Crippen molar-refractivity contribution >= 4 is 0 Å². The van der Waals surface area contributed by atoms with Gasteiger partial charge in [-0.15, -0.1) is 0 Å². The third-order valence-corrected chi connectivity index (χ3v) is 5.21. The van der Waals surface area contributed by atoms with Gasteiger partial charge in [-0.05, 0) is 55.4 Å². The number of aryl methyl sites for hydroxylation is 1. The van der Waals surface area contributed by atoms with Crippen molar-refractivity contribution < 1.29 is 4.74 Å². The zero-order valence-corrected chi connectivity index (χ0v) is 12.8. The van der Waals surface area contributed by atoms with Crippen LogP contribution in [0.5, 0.6) is 5.75 Å². The number of fused-ring (bicyclic) bond motifs is 1. The summed E-state index contributed by atoms with van der Waals surface area (Å²) in [6, 6.07) is 6.65. The highest BCUT2D eigenvalue weighted by atomic mass is 16.5. The third kappa shape index (κ3) is 2.71. The Morgan fingerprint density at radius 3 is 2.75 bits per heavy atom. The van der Waals surface area contributed by atoms with E-state index in [1.165, 1.54) is 36.8 Å². The van der Waals surface area contributed by atoms with Gasteiger partial charge in [0.25, 0.3) is 0 Å². The van der Waals surface area contributed by atoms with Crippen LogP contribution in [-0.4, -0.2) is 6.61 Å². The van der Waals surface area contributed by atoms with Gasteiger partial charge < -0.3 is 10.5 Å². The van der Waals surface area contributed by atoms with Crippen molar-refractivity contribution in [1.82, 2.24) is 0 Å². The zero-order chi connectivity index (χ0) is 14.2. The Morgan fingerprint density at radius 1 is 1.25 bits per heavy atom. The monoisotopic (exact) mass is 273 g/mol. The van der Waals surface area contributed by atoms with Crippen LogP contribution in [0, 0.1) is 11.3 Å². The van der Waals surface area contributed by atoms with E-state index >= 15 is 0 Å². The molecule has 0 radical (unpaired) electrons. The van der Waals surface area contributed by atoms with Crippen LogP contribution in [0.3, 0.4) is 0 Å². The van der Waals surface area contributed by atoms with E-state index in [0.717, 1.165) is 25.2 Å². The van der Waals surface area contributed by atoms with Crippen molar-refractivity contribution in [2.45, 2.75) is 58.4 Å². The average molecular weight is 273 g/mol. The van der Waals surface area contributed by atoms with Crippen molar-refractivity contribution in [2.24, 2.45) is 17.1 Å². The van der Waals surface area contributed by atoms with Crippen LogP contribution in [0.4, 0.5) is 0 Å². The molecule has 2 N–H and O–H groups in total. The lowest BCUT2D eigenvalue weighted by Crippen LogP contribution is -2.29. The number of nitrogens with two attached hydrogens (primary N) is 1. The highest BCUT2D eigenvalue weighted by molar-refractivity contribution is 5.44. The van der Waals surface area contributed by atoms with Crippen LogP contribution < -0.4 is 10.5 Å². The van der Waals surface area contributed by atoms with Crippen LogP contribution in [0.1, 0.15) is 63.1 Å². The van der Waals surface area contributed by atoms with E-state index in [2.05, 4.69) is 32.0 Å². The summed E-state index contributed by atoms with van der Waals surface area (Å²) in [4.78, 5) is 0. The van der Waals surface area contributed by atoms with Crippen molar-refractivity contribution in [3.05, 3.63) is 29.3 Å². The Hall–Kier alpha value is -1.02. The second-order valence-electron chi connectivity index (χ2n) is 7.31. The second kappa shape index (κ2) is 5.40. The molecule has 1 atom stereocenters. The Labute approximate surface area is 122 Å². The molecule has 0 bridgehead atoms. The lowest BCUT2D eigenvalue weighted by molar-refractivity contribution is 0.171. The van der Waals surface area contributed by atoms with Gasteiger partial charge in [0.1, 0.15) is 5.75 Å². The van der Waals surface area contributed by atoms with Gasteiger partial charge in [-0.25, -0.2) is 0 Å². The maximum atomic E-state index is 6.60. The number of benzene rings is 1.